The summed E-state index contributed by atoms with van der Waals surface area (Å²) in [7, 11) is 0. The highest BCUT2D eigenvalue weighted by Crippen LogP contribution is 2.37. The fourth-order valence-electron chi connectivity index (χ4n) is 4.24. The number of fused-ring (bicyclic) bond motifs is 5. The van der Waals surface area contributed by atoms with Crippen molar-refractivity contribution < 1.29 is 22.3 Å². The Balaban J connectivity index is 1.56. The fraction of sp³-hybridized carbons (Fsp3) is 0.318. The molecule has 29 heavy (non-hydrogen) atoms. The maximum absolute atomic E-state index is 12.8. The third-order valence-electron chi connectivity index (χ3n) is 5.74. The van der Waals surface area contributed by atoms with E-state index in [1.807, 2.05) is 17.0 Å². The molecule has 5 rings (SSSR count). The van der Waals surface area contributed by atoms with Gasteiger partial charge in [0.05, 0.1) is 17.7 Å². The van der Waals surface area contributed by atoms with E-state index < -0.39 is 11.7 Å². The lowest BCUT2D eigenvalue weighted by molar-refractivity contribution is -0.137. The van der Waals surface area contributed by atoms with E-state index in [9.17, 15) is 18.0 Å². The molecule has 1 aromatic heterocycles. The number of anilines is 1. The summed E-state index contributed by atoms with van der Waals surface area (Å²) in [6, 6.07) is 8.81. The van der Waals surface area contributed by atoms with Gasteiger partial charge in [-0.25, -0.2) is 4.79 Å². The van der Waals surface area contributed by atoms with E-state index in [1.165, 1.54) is 12.1 Å². The molecule has 0 N–H and O–H groups in total. The summed E-state index contributed by atoms with van der Waals surface area (Å²) in [5, 5.41) is 0.927. The van der Waals surface area contributed by atoms with Crippen molar-refractivity contribution in [2.75, 3.05) is 11.6 Å². The molecule has 0 saturated heterocycles. The molecule has 2 aromatic carbocycles. The predicted octanol–water partition coefficient (Wildman–Crippen LogP) is 5.05. The standard InChI is InChI=1S/C22H18F3NO3/c23-22(24,25)13-5-7-14(8-6-13)26-11-18-19(28-12-26)10-9-16-15-3-1-2-4-17(15)21(27)29-20(16)18/h5-10H,1-4,11-12H2. The van der Waals surface area contributed by atoms with Crippen molar-refractivity contribution in [2.24, 2.45) is 0 Å². The molecule has 7 heteroatoms. The van der Waals surface area contributed by atoms with E-state index >= 15 is 0 Å². The van der Waals surface area contributed by atoms with Crippen LogP contribution in [0.1, 0.15) is 35.1 Å². The van der Waals surface area contributed by atoms with Crippen LogP contribution in [0.25, 0.3) is 11.0 Å². The third-order valence-corrected chi connectivity index (χ3v) is 5.74. The zero-order valence-electron chi connectivity index (χ0n) is 15.5. The summed E-state index contributed by atoms with van der Waals surface area (Å²) in [5.74, 6) is 0.638. The second-order valence-corrected chi connectivity index (χ2v) is 7.49. The Hall–Kier alpha value is -2.96. The molecule has 0 bridgehead atoms. The molecule has 2 heterocycles. The first-order valence-electron chi connectivity index (χ1n) is 9.57. The Morgan fingerprint density at radius 3 is 2.34 bits per heavy atom. The molecule has 2 aliphatic rings. The highest BCUT2D eigenvalue weighted by Gasteiger charge is 2.31. The van der Waals surface area contributed by atoms with Crippen molar-refractivity contribution in [3.63, 3.8) is 0 Å². The van der Waals surface area contributed by atoms with Gasteiger partial charge < -0.3 is 14.1 Å². The normalized spacial score (nSPS) is 16.3. The predicted molar refractivity (Wildman–Crippen MR) is 102 cm³/mol. The van der Waals surface area contributed by atoms with Gasteiger partial charge in [-0.3, -0.25) is 0 Å². The van der Waals surface area contributed by atoms with Crippen LogP contribution in [0.3, 0.4) is 0 Å². The molecule has 0 fully saturated rings. The van der Waals surface area contributed by atoms with E-state index in [0.717, 1.165) is 59.9 Å². The SMILES string of the molecule is O=c1oc2c3c(ccc2c2c1CCCC2)OCN(c1ccc(C(F)(F)F)cc1)C3. The molecule has 0 unspecified atom stereocenters. The summed E-state index contributed by atoms with van der Waals surface area (Å²) in [6.07, 6.45) is -0.767. The Kier molecular flexibility index (Phi) is 4.08. The average molecular weight is 401 g/mol. The maximum atomic E-state index is 12.8. The molecule has 0 amide bonds. The second kappa shape index (κ2) is 6.54. The Morgan fingerprint density at radius 2 is 1.62 bits per heavy atom. The van der Waals surface area contributed by atoms with Crippen LogP contribution in [0.2, 0.25) is 0 Å². The third kappa shape index (κ3) is 3.05. The van der Waals surface area contributed by atoms with Crippen LogP contribution in [0.15, 0.2) is 45.6 Å². The number of benzene rings is 2. The molecule has 0 radical (unpaired) electrons. The van der Waals surface area contributed by atoms with Crippen LogP contribution in [0.5, 0.6) is 5.75 Å². The summed E-state index contributed by atoms with van der Waals surface area (Å²) >= 11 is 0. The van der Waals surface area contributed by atoms with Crippen LogP contribution in [0.4, 0.5) is 18.9 Å². The largest absolute Gasteiger partial charge is 0.473 e. The van der Waals surface area contributed by atoms with Crippen LogP contribution in [0, 0.1) is 0 Å². The number of hydrogen-bond acceptors (Lipinski definition) is 4. The smallest absolute Gasteiger partial charge is 0.416 e. The first-order valence-corrected chi connectivity index (χ1v) is 9.57. The molecule has 150 valence electrons. The van der Waals surface area contributed by atoms with Gasteiger partial charge in [0, 0.05) is 16.6 Å². The van der Waals surface area contributed by atoms with Crippen molar-refractivity contribution >= 4 is 16.7 Å². The van der Waals surface area contributed by atoms with Crippen molar-refractivity contribution in [1.29, 1.82) is 0 Å². The number of hydrogen-bond donors (Lipinski definition) is 0. The molecule has 0 spiro atoms. The summed E-state index contributed by atoms with van der Waals surface area (Å²) in [5.41, 5.74) is 2.71. The van der Waals surface area contributed by atoms with Crippen LogP contribution < -0.4 is 15.3 Å². The number of aryl methyl sites for hydroxylation is 1. The van der Waals surface area contributed by atoms with Crippen LogP contribution in [-0.2, 0) is 25.6 Å². The minimum Gasteiger partial charge on any atom is -0.473 e. The molecule has 4 nitrogen and oxygen atoms in total. The van der Waals surface area contributed by atoms with Crippen LogP contribution >= 0.6 is 0 Å². The fourth-order valence-corrected chi connectivity index (χ4v) is 4.24. The lowest BCUT2D eigenvalue weighted by atomic mass is 9.90. The van der Waals surface area contributed by atoms with Gasteiger partial charge in [0.2, 0.25) is 0 Å². The molecular formula is C22H18F3NO3. The quantitative estimate of drug-likeness (QED) is 0.536. The molecule has 0 atom stereocenters. The van der Waals surface area contributed by atoms with Gasteiger partial charge in [-0.05, 0) is 67.6 Å². The maximum Gasteiger partial charge on any atom is 0.416 e. The molecule has 3 aromatic rings. The van der Waals surface area contributed by atoms with E-state index in [4.69, 9.17) is 9.15 Å². The minimum absolute atomic E-state index is 0.207. The zero-order chi connectivity index (χ0) is 20.2. The highest BCUT2D eigenvalue weighted by atomic mass is 19.4. The first kappa shape index (κ1) is 18.1. The minimum atomic E-state index is -4.37. The summed E-state index contributed by atoms with van der Waals surface area (Å²) in [6.45, 7) is 0.596. The van der Waals surface area contributed by atoms with Gasteiger partial charge in [-0.2, -0.15) is 13.2 Å². The highest BCUT2D eigenvalue weighted by molar-refractivity contribution is 5.86. The van der Waals surface area contributed by atoms with Gasteiger partial charge in [-0.15, -0.1) is 0 Å². The van der Waals surface area contributed by atoms with Gasteiger partial charge in [0.1, 0.15) is 11.3 Å². The van der Waals surface area contributed by atoms with E-state index in [2.05, 4.69) is 0 Å². The van der Waals surface area contributed by atoms with E-state index in [1.54, 1.807) is 0 Å². The Morgan fingerprint density at radius 1 is 0.897 bits per heavy atom. The number of halogens is 3. The molecular weight excluding hydrogens is 383 g/mol. The van der Waals surface area contributed by atoms with E-state index in [-0.39, 0.29) is 12.4 Å². The molecule has 0 saturated carbocycles. The van der Waals surface area contributed by atoms with Crippen molar-refractivity contribution in [2.45, 2.75) is 38.4 Å². The van der Waals surface area contributed by atoms with Crippen molar-refractivity contribution in [3.05, 3.63) is 69.1 Å². The monoisotopic (exact) mass is 401 g/mol. The summed E-state index contributed by atoms with van der Waals surface area (Å²) in [4.78, 5) is 14.3. The van der Waals surface area contributed by atoms with Crippen LogP contribution in [-0.4, -0.2) is 6.73 Å². The van der Waals surface area contributed by atoms with Gasteiger partial charge >= 0.3 is 11.8 Å². The lowest BCUT2D eigenvalue weighted by Crippen LogP contribution is -2.32. The molecule has 1 aliphatic heterocycles. The number of rotatable bonds is 1. The number of nitrogens with zero attached hydrogens (tertiary/aromatic N) is 1. The summed E-state index contributed by atoms with van der Waals surface area (Å²) < 4.78 is 50.0. The average Bonchev–Trinajstić information content (AvgIpc) is 2.73. The Bertz CT molecular complexity index is 1150. The topological polar surface area (TPSA) is 42.7 Å². The van der Waals surface area contributed by atoms with Crippen molar-refractivity contribution in [3.8, 4) is 5.75 Å². The van der Waals surface area contributed by atoms with Gasteiger partial charge in [0.25, 0.3) is 0 Å². The number of ether oxygens (including phenoxy) is 1. The second-order valence-electron chi connectivity index (χ2n) is 7.49. The van der Waals surface area contributed by atoms with Crippen molar-refractivity contribution in [1.82, 2.24) is 0 Å². The zero-order valence-corrected chi connectivity index (χ0v) is 15.5. The first-order chi connectivity index (χ1) is 13.9. The molecule has 1 aliphatic carbocycles. The van der Waals surface area contributed by atoms with Gasteiger partial charge in [-0.1, -0.05) is 0 Å². The lowest BCUT2D eigenvalue weighted by Gasteiger charge is -2.31. The Labute approximate surface area is 164 Å². The van der Waals surface area contributed by atoms with Gasteiger partial charge in [0.15, 0.2) is 6.73 Å². The number of alkyl halides is 3. The van der Waals surface area contributed by atoms with E-state index in [0.29, 0.717) is 23.6 Å².